The maximum Gasteiger partial charge on any atom is 0.413 e. The van der Waals surface area contributed by atoms with Crippen LogP contribution in [0.1, 0.15) is 17.3 Å². The van der Waals surface area contributed by atoms with Crippen molar-refractivity contribution in [1.29, 1.82) is 0 Å². The summed E-state index contributed by atoms with van der Waals surface area (Å²) < 4.78 is 9.54. The molecule has 0 atom stereocenters. The third kappa shape index (κ3) is 4.66. The Labute approximate surface area is 109 Å². The number of ether oxygens (including phenoxy) is 2. The van der Waals surface area contributed by atoms with Crippen LogP contribution in [0.25, 0.3) is 0 Å². The van der Waals surface area contributed by atoms with E-state index in [1.165, 1.54) is 18.2 Å². The van der Waals surface area contributed by atoms with Gasteiger partial charge in [-0.05, 0) is 19.1 Å². The number of imide groups is 1. The first-order chi connectivity index (χ1) is 9.04. The summed E-state index contributed by atoms with van der Waals surface area (Å²) in [5.41, 5.74) is -0.0635. The van der Waals surface area contributed by atoms with Crippen LogP contribution in [-0.2, 0) is 9.53 Å². The Morgan fingerprint density at radius 2 is 1.95 bits per heavy atom. The van der Waals surface area contributed by atoms with Crippen molar-refractivity contribution >= 4 is 18.0 Å². The predicted octanol–water partition coefficient (Wildman–Crippen LogP) is 1.04. The SMILES string of the molecule is CCOC(=O)NC(=O)COc1ccccc1C(=O)O. The van der Waals surface area contributed by atoms with E-state index in [-0.39, 0.29) is 17.9 Å². The topological polar surface area (TPSA) is 102 Å². The largest absolute Gasteiger partial charge is 0.483 e. The monoisotopic (exact) mass is 267 g/mol. The summed E-state index contributed by atoms with van der Waals surface area (Å²) in [7, 11) is 0. The average molecular weight is 267 g/mol. The van der Waals surface area contributed by atoms with Crippen molar-refractivity contribution in [3.05, 3.63) is 29.8 Å². The number of hydrogen-bond acceptors (Lipinski definition) is 5. The van der Waals surface area contributed by atoms with Gasteiger partial charge in [0.1, 0.15) is 11.3 Å². The molecule has 1 aromatic carbocycles. The van der Waals surface area contributed by atoms with E-state index in [9.17, 15) is 14.4 Å². The van der Waals surface area contributed by atoms with Crippen molar-refractivity contribution in [1.82, 2.24) is 5.32 Å². The van der Waals surface area contributed by atoms with E-state index in [1.807, 2.05) is 5.32 Å². The maximum atomic E-state index is 11.3. The lowest BCUT2D eigenvalue weighted by Gasteiger charge is -2.08. The normalized spacial score (nSPS) is 9.53. The smallest absolute Gasteiger partial charge is 0.413 e. The number of amides is 2. The molecule has 0 fully saturated rings. The van der Waals surface area contributed by atoms with Crippen LogP contribution in [0.2, 0.25) is 0 Å². The first-order valence-corrected chi connectivity index (χ1v) is 5.46. The molecule has 0 unspecified atom stereocenters. The van der Waals surface area contributed by atoms with Gasteiger partial charge in [0.2, 0.25) is 0 Å². The first-order valence-electron chi connectivity index (χ1n) is 5.46. The lowest BCUT2D eigenvalue weighted by molar-refractivity contribution is -0.122. The molecular formula is C12H13NO6. The van der Waals surface area contributed by atoms with Gasteiger partial charge in [-0.15, -0.1) is 0 Å². The van der Waals surface area contributed by atoms with E-state index in [1.54, 1.807) is 13.0 Å². The quantitative estimate of drug-likeness (QED) is 0.826. The van der Waals surface area contributed by atoms with Gasteiger partial charge in [-0.1, -0.05) is 12.1 Å². The highest BCUT2D eigenvalue weighted by molar-refractivity contribution is 5.93. The van der Waals surface area contributed by atoms with Gasteiger partial charge in [0.15, 0.2) is 6.61 Å². The second-order valence-corrected chi connectivity index (χ2v) is 3.36. The van der Waals surface area contributed by atoms with Crippen LogP contribution in [0.5, 0.6) is 5.75 Å². The van der Waals surface area contributed by atoms with Crippen molar-refractivity contribution < 1.29 is 29.0 Å². The standard InChI is InChI=1S/C12H13NO6/c1-2-18-12(17)13-10(14)7-19-9-6-4-3-5-8(9)11(15)16/h3-6H,2,7H2,1H3,(H,15,16)(H,13,14,17). The summed E-state index contributed by atoms with van der Waals surface area (Å²) in [6.07, 6.45) is -0.873. The zero-order valence-electron chi connectivity index (χ0n) is 10.2. The minimum atomic E-state index is -1.17. The molecule has 0 aromatic heterocycles. The minimum Gasteiger partial charge on any atom is -0.483 e. The summed E-state index contributed by atoms with van der Waals surface area (Å²) in [4.78, 5) is 33.1. The Kier molecular flexibility index (Phi) is 5.34. The number of carbonyl (C=O) groups excluding carboxylic acids is 2. The molecule has 19 heavy (non-hydrogen) atoms. The van der Waals surface area contributed by atoms with Crippen LogP contribution >= 0.6 is 0 Å². The number of carboxylic acid groups (broad SMARTS) is 1. The van der Waals surface area contributed by atoms with Crippen LogP contribution in [0.3, 0.4) is 0 Å². The summed E-state index contributed by atoms with van der Waals surface area (Å²) in [5.74, 6) is -1.84. The lowest BCUT2D eigenvalue weighted by atomic mass is 10.2. The van der Waals surface area contributed by atoms with Crippen molar-refractivity contribution in [3.63, 3.8) is 0 Å². The van der Waals surface area contributed by atoms with Gasteiger partial charge in [-0.25, -0.2) is 9.59 Å². The summed E-state index contributed by atoms with van der Waals surface area (Å²) in [6.45, 7) is 1.26. The molecule has 2 amide bonds. The molecule has 0 aliphatic carbocycles. The van der Waals surface area contributed by atoms with E-state index in [4.69, 9.17) is 9.84 Å². The number of rotatable bonds is 5. The Bertz CT molecular complexity index is 485. The molecule has 0 saturated carbocycles. The van der Waals surface area contributed by atoms with Crippen LogP contribution in [0.15, 0.2) is 24.3 Å². The van der Waals surface area contributed by atoms with Gasteiger partial charge in [0.25, 0.3) is 5.91 Å². The third-order valence-corrected chi connectivity index (χ3v) is 1.99. The second-order valence-electron chi connectivity index (χ2n) is 3.36. The highest BCUT2D eigenvalue weighted by atomic mass is 16.5. The average Bonchev–Trinajstić information content (AvgIpc) is 2.36. The van der Waals surface area contributed by atoms with Crippen molar-refractivity contribution in [3.8, 4) is 5.75 Å². The number of hydrogen-bond donors (Lipinski definition) is 2. The fraction of sp³-hybridized carbons (Fsp3) is 0.250. The molecule has 0 aliphatic heterocycles. The first kappa shape index (κ1) is 14.5. The molecular weight excluding hydrogens is 254 g/mol. The van der Waals surface area contributed by atoms with Crippen LogP contribution in [-0.4, -0.2) is 36.3 Å². The lowest BCUT2D eigenvalue weighted by Crippen LogP contribution is -2.34. The molecule has 0 heterocycles. The number of alkyl carbamates (subject to hydrolysis) is 1. The second kappa shape index (κ2) is 7.00. The Balaban J connectivity index is 2.55. The molecule has 7 heteroatoms. The molecule has 2 N–H and O–H groups in total. The molecule has 0 radical (unpaired) electrons. The number of aromatic carboxylic acids is 1. The number of carbonyl (C=O) groups is 3. The fourth-order valence-corrected chi connectivity index (χ4v) is 1.23. The van der Waals surface area contributed by atoms with E-state index < -0.39 is 24.6 Å². The van der Waals surface area contributed by atoms with E-state index in [2.05, 4.69) is 4.74 Å². The van der Waals surface area contributed by atoms with Gasteiger partial charge >= 0.3 is 12.1 Å². The van der Waals surface area contributed by atoms with E-state index in [0.717, 1.165) is 0 Å². The number of carboxylic acids is 1. The molecule has 0 aliphatic rings. The molecule has 1 rings (SSSR count). The van der Waals surface area contributed by atoms with Crippen molar-refractivity contribution in [2.75, 3.05) is 13.2 Å². The van der Waals surface area contributed by atoms with E-state index in [0.29, 0.717) is 0 Å². The Hall–Kier alpha value is -2.57. The molecule has 1 aromatic rings. The van der Waals surface area contributed by atoms with Gasteiger partial charge in [-0.3, -0.25) is 10.1 Å². The van der Waals surface area contributed by atoms with Gasteiger partial charge in [-0.2, -0.15) is 0 Å². The zero-order valence-corrected chi connectivity index (χ0v) is 10.2. The van der Waals surface area contributed by atoms with Gasteiger partial charge in [0.05, 0.1) is 6.61 Å². The van der Waals surface area contributed by atoms with Crippen LogP contribution in [0, 0.1) is 0 Å². The summed E-state index contributed by atoms with van der Waals surface area (Å²) >= 11 is 0. The molecule has 0 bridgehead atoms. The minimum absolute atomic E-state index is 0.0500. The molecule has 0 saturated heterocycles. The van der Waals surface area contributed by atoms with Crippen LogP contribution in [0.4, 0.5) is 4.79 Å². The molecule has 102 valence electrons. The van der Waals surface area contributed by atoms with Gasteiger partial charge in [0, 0.05) is 0 Å². The Morgan fingerprint density at radius 3 is 2.58 bits per heavy atom. The maximum absolute atomic E-state index is 11.3. The van der Waals surface area contributed by atoms with E-state index >= 15 is 0 Å². The highest BCUT2D eigenvalue weighted by Crippen LogP contribution is 2.17. The van der Waals surface area contributed by atoms with Crippen LogP contribution < -0.4 is 10.1 Å². The zero-order chi connectivity index (χ0) is 14.3. The summed E-state index contributed by atoms with van der Waals surface area (Å²) in [6, 6.07) is 5.88. The van der Waals surface area contributed by atoms with Gasteiger partial charge < -0.3 is 14.6 Å². The Morgan fingerprint density at radius 1 is 1.26 bits per heavy atom. The summed E-state index contributed by atoms with van der Waals surface area (Å²) in [5, 5.41) is 10.8. The number of para-hydroxylation sites is 1. The third-order valence-electron chi connectivity index (χ3n) is 1.99. The van der Waals surface area contributed by atoms with Crippen molar-refractivity contribution in [2.45, 2.75) is 6.92 Å². The predicted molar refractivity (Wildman–Crippen MR) is 64.1 cm³/mol. The number of nitrogens with one attached hydrogen (secondary N) is 1. The molecule has 0 spiro atoms. The number of benzene rings is 1. The van der Waals surface area contributed by atoms with Crippen molar-refractivity contribution in [2.24, 2.45) is 0 Å². The fourth-order valence-electron chi connectivity index (χ4n) is 1.23. The highest BCUT2D eigenvalue weighted by Gasteiger charge is 2.13. The molecule has 7 nitrogen and oxygen atoms in total.